The van der Waals surface area contributed by atoms with Crippen LogP contribution in [0, 0.1) is 0 Å². The maximum atomic E-state index is 13.0. The van der Waals surface area contributed by atoms with Gasteiger partial charge in [0.15, 0.2) is 0 Å². The average Bonchev–Trinajstić information content (AvgIpc) is 3.37. The Labute approximate surface area is 469 Å². The van der Waals surface area contributed by atoms with Crippen molar-refractivity contribution < 1.29 is 32.9 Å². The lowest BCUT2D eigenvalue weighted by Gasteiger charge is -2.30. The van der Waals surface area contributed by atoms with E-state index in [1.54, 1.807) is 0 Å². The predicted molar refractivity (Wildman–Crippen MR) is 326 cm³/mol. The summed E-state index contributed by atoms with van der Waals surface area (Å²) in [6.07, 6.45) is 72.9. The highest BCUT2D eigenvalue weighted by Gasteiger charge is 2.24. The van der Waals surface area contributed by atoms with E-state index < -0.39 is 20.0 Å². The number of hydrogen-bond acceptors (Lipinski definition) is 6. The molecule has 0 bridgehead atoms. The van der Waals surface area contributed by atoms with Crippen LogP contribution in [0.3, 0.4) is 0 Å². The third-order valence-electron chi connectivity index (χ3n) is 15.8. The number of hydrogen-bond donors (Lipinski definition) is 2. The molecule has 0 radical (unpaired) electrons. The van der Waals surface area contributed by atoms with Gasteiger partial charge in [-0.15, -0.1) is 0 Å². The average molecular weight is 1080 g/mol. The molecule has 0 aromatic carbocycles. The Morgan fingerprint density at radius 1 is 0.453 bits per heavy atom. The summed E-state index contributed by atoms with van der Waals surface area (Å²) < 4.78 is 23.5. The summed E-state index contributed by atoms with van der Waals surface area (Å²) in [7, 11) is 1.33. The van der Waals surface area contributed by atoms with E-state index in [9.17, 15) is 19.4 Å². The highest BCUT2D eigenvalue weighted by Crippen LogP contribution is 2.38. The standard InChI is InChI=1S/C66H133N2O6P/c1-6-8-10-12-14-16-18-20-22-24-25-26-27-28-29-30-31-32-33-34-35-36-37-38-39-40-41-42-43-44-46-48-50-52-54-56-58-60-66(70)67-64(63-74-75(71,72)73-62-61-68(3,4)5)65(69)59-57-55-53-51-49-47-45-23-21-19-17-15-13-11-9-7-2/h24-25,64-65,69H,6-23,26-63H2,1-5H3,(H-,67,70,71,72)/b25-24-. The summed E-state index contributed by atoms with van der Waals surface area (Å²) in [5.74, 6) is -0.156. The van der Waals surface area contributed by atoms with Gasteiger partial charge in [0.1, 0.15) is 13.2 Å². The minimum Gasteiger partial charge on any atom is -0.756 e. The first kappa shape index (κ1) is 74.2. The van der Waals surface area contributed by atoms with Crippen molar-refractivity contribution in [2.75, 3.05) is 40.9 Å². The van der Waals surface area contributed by atoms with Crippen molar-refractivity contribution in [2.24, 2.45) is 0 Å². The lowest BCUT2D eigenvalue weighted by atomic mass is 10.0. The van der Waals surface area contributed by atoms with Crippen LogP contribution in [0.5, 0.6) is 0 Å². The zero-order valence-electron chi connectivity index (χ0n) is 51.3. The van der Waals surface area contributed by atoms with Gasteiger partial charge in [-0.2, -0.15) is 0 Å². The van der Waals surface area contributed by atoms with E-state index in [0.29, 0.717) is 23.9 Å². The van der Waals surface area contributed by atoms with E-state index in [-0.39, 0.29) is 19.1 Å². The minimum absolute atomic E-state index is 0.0159. The van der Waals surface area contributed by atoms with E-state index in [0.717, 1.165) is 38.5 Å². The number of allylic oxidation sites excluding steroid dienone is 2. The molecule has 0 aliphatic carbocycles. The summed E-state index contributed by atoms with van der Waals surface area (Å²) in [6, 6.07) is -0.796. The van der Waals surface area contributed by atoms with Crippen molar-refractivity contribution >= 4 is 13.7 Å². The Hall–Kier alpha value is -0.760. The number of nitrogens with zero attached hydrogens (tertiary/aromatic N) is 1. The van der Waals surface area contributed by atoms with Crippen LogP contribution in [0.25, 0.3) is 0 Å². The molecular formula is C66H133N2O6P. The third kappa shape index (κ3) is 60.7. The van der Waals surface area contributed by atoms with Crippen molar-refractivity contribution in [3.63, 3.8) is 0 Å². The van der Waals surface area contributed by atoms with E-state index in [4.69, 9.17) is 9.05 Å². The van der Waals surface area contributed by atoms with Gasteiger partial charge >= 0.3 is 0 Å². The van der Waals surface area contributed by atoms with Gasteiger partial charge < -0.3 is 28.8 Å². The van der Waals surface area contributed by atoms with Crippen LogP contribution in [0.4, 0.5) is 0 Å². The number of amides is 1. The van der Waals surface area contributed by atoms with E-state index >= 15 is 0 Å². The molecule has 9 heteroatoms. The first-order valence-electron chi connectivity index (χ1n) is 33.5. The lowest BCUT2D eigenvalue weighted by Crippen LogP contribution is -2.46. The number of aliphatic hydroxyl groups is 1. The molecule has 0 rings (SSSR count). The first-order valence-corrected chi connectivity index (χ1v) is 35.0. The second-order valence-electron chi connectivity index (χ2n) is 24.5. The van der Waals surface area contributed by atoms with Crippen LogP contribution in [-0.2, 0) is 18.4 Å². The molecule has 0 aromatic rings. The highest BCUT2D eigenvalue weighted by atomic mass is 31.2. The third-order valence-corrected chi connectivity index (χ3v) is 16.7. The van der Waals surface area contributed by atoms with E-state index in [1.807, 2.05) is 21.1 Å². The molecule has 0 aliphatic heterocycles. The Kier molecular flexibility index (Phi) is 57.3. The molecule has 3 unspecified atom stereocenters. The Morgan fingerprint density at radius 2 is 0.733 bits per heavy atom. The Morgan fingerprint density at radius 3 is 1.04 bits per heavy atom. The molecule has 0 saturated heterocycles. The van der Waals surface area contributed by atoms with Crippen LogP contribution in [0.15, 0.2) is 12.2 Å². The SMILES string of the molecule is CCCCCCCCCC/C=C\CCCCCCCCCCCCCCCCCCCCCCCCCCCC(=O)NC(COP(=O)([O-])OCC[N+](C)(C)C)C(O)CCCCCCCCCCCCCCCCCC. The van der Waals surface area contributed by atoms with Gasteiger partial charge in [0, 0.05) is 6.42 Å². The zero-order valence-corrected chi connectivity index (χ0v) is 52.2. The molecule has 0 heterocycles. The lowest BCUT2D eigenvalue weighted by molar-refractivity contribution is -0.870. The summed E-state index contributed by atoms with van der Waals surface area (Å²) in [6.45, 7) is 4.77. The van der Waals surface area contributed by atoms with Gasteiger partial charge in [-0.25, -0.2) is 0 Å². The number of unbranched alkanes of at least 4 members (excludes halogenated alkanes) is 48. The largest absolute Gasteiger partial charge is 0.756 e. The number of quaternary nitrogens is 1. The summed E-state index contributed by atoms with van der Waals surface area (Å²) in [5, 5.41) is 14.0. The molecule has 0 aromatic heterocycles. The topological polar surface area (TPSA) is 108 Å². The number of aliphatic hydroxyl groups excluding tert-OH is 1. The Bertz CT molecular complexity index is 1230. The molecule has 1 amide bonds. The molecule has 448 valence electrons. The maximum Gasteiger partial charge on any atom is 0.268 e. The monoisotopic (exact) mass is 1080 g/mol. The van der Waals surface area contributed by atoms with Crippen molar-refractivity contribution in [3.05, 3.63) is 12.2 Å². The fourth-order valence-electron chi connectivity index (χ4n) is 10.5. The second-order valence-corrected chi connectivity index (χ2v) is 25.9. The van der Waals surface area contributed by atoms with Crippen LogP contribution >= 0.6 is 7.82 Å². The molecule has 0 spiro atoms. The minimum atomic E-state index is -4.57. The Balaban J connectivity index is 3.88. The molecule has 3 atom stereocenters. The van der Waals surface area contributed by atoms with Gasteiger partial charge in [-0.05, 0) is 38.5 Å². The number of phosphoric acid groups is 1. The molecule has 0 saturated carbocycles. The van der Waals surface area contributed by atoms with E-state index in [2.05, 4.69) is 31.3 Å². The molecular weight excluding hydrogens is 948 g/mol. The van der Waals surface area contributed by atoms with Crippen LogP contribution < -0.4 is 10.2 Å². The molecule has 0 aliphatic rings. The predicted octanol–water partition coefficient (Wildman–Crippen LogP) is 20.3. The van der Waals surface area contributed by atoms with Gasteiger partial charge in [-0.3, -0.25) is 9.36 Å². The highest BCUT2D eigenvalue weighted by molar-refractivity contribution is 7.45. The fourth-order valence-corrected chi connectivity index (χ4v) is 11.2. The fraction of sp³-hybridized carbons (Fsp3) is 0.955. The van der Waals surface area contributed by atoms with Crippen molar-refractivity contribution in [3.8, 4) is 0 Å². The number of phosphoric ester groups is 1. The van der Waals surface area contributed by atoms with E-state index in [1.165, 1.54) is 289 Å². The first-order chi connectivity index (χ1) is 36.5. The van der Waals surface area contributed by atoms with Gasteiger partial charge in [0.25, 0.3) is 7.82 Å². The normalized spacial score (nSPS) is 13.7. The summed E-state index contributed by atoms with van der Waals surface area (Å²) in [4.78, 5) is 25.6. The van der Waals surface area contributed by atoms with Gasteiger partial charge in [-0.1, -0.05) is 321 Å². The van der Waals surface area contributed by atoms with Crippen LogP contribution in [-0.4, -0.2) is 68.5 Å². The molecule has 75 heavy (non-hydrogen) atoms. The van der Waals surface area contributed by atoms with Gasteiger partial charge in [0.2, 0.25) is 5.91 Å². The number of nitrogens with one attached hydrogen (secondary N) is 1. The van der Waals surface area contributed by atoms with Crippen molar-refractivity contribution in [1.29, 1.82) is 0 Å². The van der Waals surface area contributed by atoms with Crippen LogP contribution in [0.1, 0.15) is 354 Å². The zero-order chi connectivity index (χ0) is 54.9. The van der Waals surface area contributed by atoms with Crippen molar-refractivity contribution in [2.45, 2.75) is 366 Å². The summed E-state index contributed by atoms with van der Waals surface area (Å²) >= 11 is 0. The smallest absolute Gasteiger partial charge is 0.268 e. The molecule has 8 nitrogen and oxygen atoms in total. The number of carbonyl (C=O) groups is 1. The van der Waals surface area contributed by atoms with Gasteiger partial charge in [0.05, 0.1) is 39.9 Å². The van der Waals surface area contributed by atoms with Crippen molar-refractivity contribution in [1.82, 2.24) is 5.32 Å². The number of rotatable bonds is 63. The van der Waals surface area contributed by atoms with Crippen LogP contribution in [0.2, 0.25) is 0 Å². The number of carbonyl (C=O) groups excluding carboxylic acids is 1. The summed E-state index contributed by atoms with van der Waals surface area (Å²) in [5.41, 5.74) is 0. The molecule has 2 N–H and O–H groups in total. The quantitative estimate of drug-likeness (QED) is 0.0272. The maximum absolute atomic E-state index is 13.0. The number of likely N-dealkylation sites (N-methyl/N-ethyl adjacent to an activating group) is 1. The second kappa shape index (κ2) is 57.9. The molecule has 0 fully saturated rings.